The lowest BCUT2D eigenvalue weighted by Gasteiger charge is -2.06. The van der Waals surface area contributed by atoms with Gasteiger partial charge in [0.05, 0.1) is 12.7 Å². The molecule has 3 aromatic heterocycles. The van der Waals surface area contributed by atoms with Crippen LogP contribution in [0.1, 0.15) is 11.1 Å². The molecule has 1 aromatic carbocycles. The molecule has 0 bridgehead atoms. The highest BCUT2D eigenvalue weighted by molar-refractivity contribution is 6.02. The number of hydrogen-bond acceptors (Lipinski definition) is 4. The van der Waals surface area contributed by atoms with Gasteiger partial charge in [-0.2, -0.15) is 10.2 Å². The quantitative estimate of drug-likeness (QED) is 0.517. The highest BCUT2D eigenvalue weighted by Crippen LogP contribution is 2.23. The summed E-state index contributed by atoms with van der Waals surface area (Å²) in [5.41, 5.74) is 4.65. The summed E-state index contributed by atoms with van der Waals surface area (Å²) in [7, 11) is 1.87. The van der Waals surface area contributed by atoms with Gasteiger partial charge in [0, 0.05) is 60.9 Å². The van der Waals surface area contributed by atoms with Crippen LogP contribution in [-0.2, 0) is 18.4 Å². The minimum Gasteiger partial charge on any atom is -0.323 e. The first-order valence-electron chi connectivity index (χ1n) is 9.16. The van der Waals surface area contributed by atoms with E-state index < -0.39 is 0 Å². The van der Waals surface area contributed by atoms with Crippen molar-refractivity contribution in [3.8, 4) is 11.1 Å². The Balaban J connectivity index is 1.42. The van der Waals surface area contributed by atoms with E-state index in [1.54, 1.807) is 35.5 Å². The number of carbonyl (C=O) groups is 1. The number of hydrogen-bond donors (Lipinski definition) is 1. The summed E-state index contributed by atoms with van der Waals surface area (Å²) in [6.45, 7) is 0.694. The third-order valence-electron chi connectivity index (χ3n) is 4.41. The van der Waals surface area contributed by atoms with Crippen molar-refractivity contribution < 1.29 is 4.79 Å². The molecular formula is C22H20N6O. The van der Waals surface area contributed by atoms with Crippen LogP contribution in [0.3, 0.4) is 0 Å². The summed E-state index contributed by atoms with van der Waals surface area (Å²) in [4.78, 5) is 16.5. The third-order valence-corrected chi connectivity index (χ3v) is 4.41. The summed E-state index contributed by atoms with van der Waals surface area (Å²) in [6, 6.07) is 11.5. The van der Waals surface area contributed by atoms with Gasteiger partial charge in [-0.1, -0.05) is 12.1 Å². The number of amides is 1. The van der Waals surface area contributed by atoms with Crippen LogP contribution >= 0.6 is 0 Å². The number of benzene rings is 1. The predicted molar refractivity (Wildman–Crippen MR) is 112 cm³/mol. The molecule has 0 unspecified atom stereocenters. The van der Waals surface area contributed by atoms with E-state index >= 15 is 0 Å². The molecule has 29 heavy (non-hydrogen) atoms. The van der Waals surface area contributed by atoms with Crippen LogP contribution < -0.4 is 5.32 Å². The van der Waals surface area contributed by atoms with E-state index in [1.165, 1.54) is 6.08 Å². The monoisotopic (exact) mass is 384 g/mol. The fraction of sp³-hybridized carbons (Fsp3) is 0.0909. The van der Waals surface area contributed by atoms with Gasteiger partial charge in [-0.15, -0.1) is 0 Å². The molecule has 3 heterocycles. The van der Waals surface area contributed by atoms with Gasteiger partial charge in [0.2, 0.25) is 5.91 Å². The zero-order valence-electron chi connectivity index (χ0n) is 15.9. The minimum absolute atomic E-state index is 0.203. The van der Waals surface area contributed by atoms with Gasteiger partial charge in [0.15, 0.2) is 0 Å². The molecule has 4 aromatic rings. The lowest BCUT2D eigenvalue weighted by molar-refractivity contribution is -0.111. The van der Waals surface area contributed by atoms with E-state index in [-0.39, 0.29) is 5.91 Å². The predicted octanol–water partition coefficient (Wildman–Crippen LogP) is 3.38. The standard InChI is InChI=1S/C22H20N6O/c1-27-16-19(14-25-27)21-9-11-23-13-18(21)5-8-22(29)26-20-6-3-17(4-7-20)15-28-12-2-10-24-28/h2-14,16H,15H2,1H3,(H,26,29)/b8-5+. The van der Waals surface area contributed by atoms with E-state index in [1.807, 2.05) is 60.5 Å². The van der Waals surface area contributed by atoms with Gasteiger partial charge < -0.3 is 5.32 Å². The van der Waals surface area contributed by atoms with Gasteiger partial charge in [-0.05, 0) is 41.5 Å². The molecule has 7 heteroatoms. The fourth-order valence-corrected chi connectivity index (χ4v) is 2.99. The molecule has 0 radical (unpaired) electrons. The second-order valence-corrected chi connectivity index (χ2v) is 6.59. The Hall–Kier alpha value is -4.00. The second kappa shape index (κ2) is 8.35. The first-order valence-corrected chi connectivity index (χ1v) is 9.16. The smallest absolute Gasteiger partial charge is 0.248 e. The third kappa shape index (κ3) is 4.65. The molecule has 1 N–H and O–H groups in total. The summed E-state index contributed by atoms with van der Waals surface area (Å²) in [5.74, 6) is -0.203. The van der Waals surface area contributed by atoms with Crippen LogP contribution in [0.5, 0.6) is 0 Å². The second-order valence-electron chi connectivity index (χ2n) is 6.59. The number of carbonyl (C=O) groups excluding carboxylic acids is 1. The number of anilines is 1. The summed E-state index contributed by atoms with van der Waals surface area (Å²) in [5, 5.41) is 11.3. The molecule has 0 fully saturated rings. The molecule has 0 aliphatic rings. The van der Waals surface area contributed by atoms with Crippen LogP contribution in [0.4, 0.5) is 5.69 Å². The Bertz CT molecular complexity index is 1130. The van der Waals surface area contributed by atoms with Crippen LogP contribution in [0, 0.1) is 0 Å². The Morgan fingerprint density at radius 3 is 2.69 bits per heavy atom. The maximum absolute atomic E-state index is 12.3. The number of aryl methyl sites for hydroxylation is 1. The Morgan fingerprint density at radius 1 is 1.10 bits per heavy atom. The number of pyridine rings is 1. The molecular weight excluding hydrogens is 364 g/mol. The molecule has 0 saturated heterocycles. The number of nitrogens with one attached hydrogen (secondary N) is 1. The lowest BCUT2D eigenvalue weighted by atomic mass is 10.0. The molecule has 0 aliphatic heterocycles. The first kappa shape index (κ1) is 18.4. The van der Waals surface area contributed by atoms with Crippen molar-refractivity contribution in [1.82, 2.24) is 24.5 Å². The Labute approximate surface area is 168 Å². The highest BCUT2D eigenvalue weighted by Gasteiger charge is 2.06. The molecule has 0 atom stereocenters. The van der Waals surface area contributed by atoms with Crippen molar-refractivity contribution >= 4 is 17.7 Å². The number of aromatic nitrogens is 5. The van der Waals surface area contributed by atoms with Crippen molar-refractivity contribution in [3.63, 3.8) is 0 Å². The van der Waals surface area contributed by atoms with Crippen molar-refractivity contribution in [3.05, 3.63) is 90.8 Å². The molecule has 0 saturated carbocycles. The molecule has 0 aliphatic carbocycles. The maximum atomic E-state index is 12.3. The van der Waals surface area contributed by atoms with Crippen LogP contribution in [-0.4, -0.2) is 30.5 Å². The Kier molecular flexibility index (Phi) is 5.29. The van der Waals surface area contributed by atoms with E-state index in [2.05, 4.69) is 20.5 Å². The summed E-state index contributed by atoms with van der Waals surface area (Å²) >= 11 is 0. The molecule has 1 amide bonds. The SMILES string of the molecule is Cn1cc(-c2ccncc2/C=C/C(=O)Nc2ccc(Cn3cccn3)cc2)cn1. The minimum atomic E-state index is -0.203. The molecule has 7 nitrogen and oxygen atoms in total. The van der Waals surface area contributed by atoms with Gasteiger partial charge >= 0.3 is 0 Å². The fourth-order valence-electron chi connectivity index (χ4n) is 2.99. The molecule has 144 valence electrons. The maximum Gasteiger partial charge on any atom is 0.248 e. The molecule has 4 rings (SSSR count). The van der Waals surface area contributed by atoms with Gasteiger partial charge in [0.25, 0.3) is 0 Å². The van der Waals surface area contributed by atoms with Gasteiger partial charge in [-0.3, -0.25) is 19.1 Å². The highest BCUT2D eigenvalue weighted by atomic mass is 16.1. The van der Waals surface area contributed by atoms with Gasteiger partial charge in [0.1, 0.15) is 0 Å². The van der Waals surface area contributed by atoms with Crippen LogP contribution in [0.2, 0.25) is 0 Å². The summed E-state index contributed by atoms with van der Waals surface area (Å²) in [6.07, 6.45) is 14.1. The topological polar surface area (TPSA) is 77.6 Å². The lowest BCUT2D eigenvalue weighted by Crippen LogP contribution is -2.08. The average Bonchev–Trinajstić information content (AvgIpc) is 3.40. The van der Waals surface area contributed by atoms with E-state index in [0.29, 0.717) is 6.54 Å². The Morgan fingerprint density at radius 2 is 1.97 bits per heavy atom. The largest absolute Gasteiger partial charge is 0.323 e. The number of nitrogens with zero attached hydrogens (tertiary/aromatic N) is 5. The summed E-state index contributed by atoms with van der Waals surface area (Å²) < 4.78 is 3.59. The van der Waals surface area contributed by atoms with E-state index in [0.717, 1.165) is 27.9 Å². The van der Waals surface area contributed by atoms with E-state index in [4.69, 9.17) is 0 Å². The normalized spacial score (nSPS) is 11.1. The van der Waals surface area contributed by atoms with Crippen molar-refractivity contribution in [2.45, 2.75) is 6.54 Å². The van der Waals surface area contributed by atoms with Crippen molar-refractivity contribution in [2.75, 3.05) is 5.32 Å². The zero-order valence-corrected chi connectivity index (χ0v) is 15.9. The van der Waals surface area contributed by atoms with Gasteiger partial charge in [-0.25, -0.2) is 0 Å². The van der Waals surface area contributed by atoms with Crippen molar-refractivity contribution in [1.29, 1.82) is 0 Å². The van der Waals surface area contributed by atoms with Crippen LogP contribution in [0.25, 0.3) is 17.2 Å². The number of rotatable bonds is 6. The zero-order chi connectivity index (χ0) is 20.1. The van der Waals surface area contributed by atoms with Crippen molar-refractivity contribution in [2.24, 2.45) is 7.05 Å². The molecule has 0 spiro atoms. The van der Waals surface area contributed by atoms with Crippen LogP contribution in [0.15, 0.2) is 79.7 Å². The first-order chi connectivity index (χ1) is 14.2. The van der Waals surface area contributed by atoms with E-state index in [9.17, 15) is 4.79 Å². The average molecular weight is 384 g/mol.